The molecule has 0 radical (unpaired) electrons. The van der Waals surface area contributed by atoms with Gasteiger partial charge in [0.1, 0.15) is 17.8 Å². The summed E-state index contributed by atoms with van der Waals surface area (Å²) in [7, 11) is 0. The number of likely N-dealkylation sites (tertiary alicyclic amines) is 1. The third-order valence-corrected chi connectivity index (χ3v) is 5.62. The molecule has 0 bridgehead atoms. The second kappa shape index (κ2) is 4.73. The summed E-state index contributed by atoms with van der Waals surface area (Å²) >= 11 is 0. The number of carboxylic acids is 1. The first-order chi connectivity index (χ1) is 10.2. The molecule has 0 aromatic heterocycles. The first-order valence-electron chi connectivity index (χ1n) is 7.90. The quantitative estimate of drug-likeness (QED) is 0.908. The number of hydrogen-bond acceptors (Lipinski definition) is 3. The Morgan fingerprint density at radius 3 is 2.81 bits per heavy atom. The van der Waals surface area contributed by atoms with E-state index in [4.69, 9.17) is 4.74 Å². The minimum Gasteiger partial charge on any atom is -0.492 e. The van der Waals surface area contributed by atoms with E-state index < -0.39 is 11.4 Å². The minimum atomic E-state index is -0.767. The zero-order valence-electron chi connectivity index (χ0n) is 12.1. The van der Waals surface area contributed by atoms with E-state index in [9.17, 15) is 9.90 Å². The molecule has 1 saturated carbocycles. The molecule has 4 rings (SSSR count). The van der Waals surface area contributed by atoms with Crippen molar-refractivity contribution >= 4 is 5.97 Å². The Kier molecular flexibility index (Phi) is 2.96. The molecule has 1 aromatic carbocycles. The number of fused-ring (bicyclic) bond motifs is 3. The fourth-order valence-corrected chi connectivity index (χ4v) is 4.42. The van der Waals surface area contributed by atoms with Gasteiger partial charge in [0.25, 0.3) is 0 Å². The van der Waals surface area contributed by atoms with Crippen molar-refractivity contribution in [2.24, 2.45) is 5.41 Å². The van der Waals surface area contributed by atoms with E-state index in [1.807, 2.05) is 24.3 Å². The van der Waals surface area contributed by atoms with Gasteiger partial charge in [-0.1, -0.05) is 31.0 Å². The summed E-state index contributed by atoms with van der Waals surface area (Å²) in [6, 6.07) is 8.50. The van der Waals surface area contributed by atoms with Crippen LogP contribution in [0, 0.1) is 5.41 Å². The highest BCUT2D eigenvalue weighted by atomic mass is 16.5. The first kappa shape index (κ1) is 13.1. The molecule has 112 valence electrons. The number of aliphatic carboxylic acids is 1. The van der Waals surface area contributed by atoms with E-state index in [0.29, 0.717) is 19.2 Å². The lowest BCUT2D eigenvalue weighted by Gasteiger charge is -2.36. The van der Waals surface area contributed by atoms with Crippen LogP contribution >= 0.6 is 0 Å². The van der Waals surface area contributed by atoms with Crippen molar-refractivity contribution in [3.05, 3.63) is 29.8 Å². The Bertz CT molecular complexity index is 567. The fraction of sp³-hybridized carbons (Fsp3) is 0.588. The summed E-state index contributed by atoms with van der Waals surface area (Å²) in [6.45, 7) is 1.79. The number of hydrogen-bond donors (Lipinski definition) is 1. The van der Waals surface area contributed by atoms with Crippen LogP contribution < -0.4 is 4.74 Å². The summed E-state index contributed by atoms with van der Waals surface area (Å²) in [5.74, 6) is 0.218. The monoisotopic (exact) mass is 287 g/mol. The summed E-state index contributed by atoms with van der Waals surface area (Å²) in [5.41, 5.74) is 0.309. The summed E-state index contributed by atoms with van der Waals surface area (Å²) < 4.78 is 5.81. The maximum atomic E-state index is 12.0. The molecule has 21 heavy (non-hydrogen) atoms. The Labute approximate surface area is 124 Å². The van der Waals surface area contributed by atoms with Crippen LogP contribution in [0.2, 0.25) is 0 Å². The van der Waals surface area contributed by atoms with Gasteiger partial charge >= 0.3 is 5.97 Å². The first-order valence-corrected chi connectivity index (χ1v) is 7.90. The molecule has 2 fully saturated rings. The van der Waals surface area contributed by atoms with Crippen molar-refractivity contribution in [2.45, 2.75) is 37.6 Å². The van der Waals surface area contributed by atoms with E-state index in [0.717, 1.165) is 17.9 Å². The normalized spacial score (nSPS) is 32.5. The number of carbonyl (C=O) groups is 1. The van der Waals surface area contributed by atoms with Crippen LogP contribution in [0.5, 0.6) is 5.75 Å². The zero-order chi connectivity index (χ0) is 14.4. The van der Waals surface area contributed by atoms with Gasteiger partial charge in [-0.25, -0.2) is 0 Å². The van der Waals surface area contributed by atoms with Crippen LogP contribution in [0.25, 0.3) is 0 Å². The molecule has 3 aliphatic rings. The van der Waals surface area contributed by atoms with Crippen LogP contribution in [0.15, 0.2) is 24.3 Å². The van der Waals surface area contributed by atoms with Gasteiger partial charge in [0.15, 0.2) is 0 Å². The van der Waals surface area contributed by atoms with Gasteiger partial charge in [-0.05, 0) is 24.5 Å². The highest BCUT2D eigenvalue weighted by Crippen LogP contribution is 2.50. The second-order valence-corrected chi connectivity index (χ2v) is 6.71. The Morgan fingerprint density at radius 1 is 1.29 bits per heavy atom. The van der Waals surface area contributed by atoms with E-state index >= 15 is 0 Å². The summed E-state index contributed by atoms with van der Waals surface area (Å²) in [5, 5.41) is 9.88. The van der Waals surface area contributed by atoms with Crippen LogP contribution in [0.1, 0.15) is 37.2 Å². The van der Waals surface area contributed by atoms with Crippen LogP contribution in [0.4, 0.5) is 0 Å². The average Bonchev–Trinajstić information content (AvgIpc) is 3.14. The van der Waals surface area contributed by atoms with Gasteiger partial charge in [0.05, 0.1) is 0 Å². The van der Waals surface area contributed by atoms with Crippen LogP contribution in [-0.4, -0.2) is 41.7 Å². The summed E-state index contributed by atoms with van der Waals surface area (Å²) in [6.07, 6.45) is 4.98. The Morgan fingerprint density at radius 2 is 2.05 bits per heavy atom. The maximum Gasteiger partial charge on any atom is 0.315 e. The van der Waals surface area contributed by atoms with E-state index in [-0.39, 0.29) is 5.92 Å². The molecule has 2 heterocycles. The third kappa shape index (κ3) is 1.89. The molecule has 1 aromatic rings. The van der Waals surface area contributed by atoms with Gasteiger partial charge in [0.2, 0.25) is 0 Å². The molecule has 1 saturated heterocycles. The molecule has 0 amide bonds. The highest BCUT2D eigenvalue weighted by molar-refractivity contribution is 5.78. The van der Waals surface area contributed by atoms with E-state index in [2.05, 4.69) is 4.90 Å². The summed E-state index contributed by atoms with van der Waals surface area (Å²) in [4.78, 5) is 14.4. The van der Waals surface area contributed by atoms with Crippen molar-refractivity contribution in [3.8, 4) is 5.75 Å². The van der Waals surface area contributed by atoms with Gasteiger partial charge < -0.3 is 9.84 Å². The van der Waals surface area contributed by atoms with Gasteiger partial charge in [-0.2, -0.15) is 0 Å². The molecule has 1 aliphatic carbocycles. The SMILES string of the molecule is O=C(O)[C@@]12COc3ccccc3[C@@H]1CN(C1CCCC1)C2. The number of benzene rings is 1. The smallest absolute Gasteiger partial charge is 0.315 e. The lowest BCUT2D eigenvalue weighted by molar-refractivity contribution is -0.152. The maximum absolute atomic E-state index is 12.0. The molecule has 0 unspecified atom stereocenters. The molecule has 0 spiro atoms. The molecule has 2 atom stereocenters. The van der Waals surface area contributed by atoms with E-state index in [1.165, 1.54) is 25.7 Å². The number of rotatable bonds is 2. The van der Waals surface area contributed by atoms with Crippen molar-refractivity contribution in [3.63, 3.8) is 0 Å². The number of nitrogens with zero attached hydrogens (tertiary/aromatic N) is 1. The predicted molar refractivity (Wildman–Crippen MR) is 78.6 cm³/mol. The van der Waals surface area contributed by atoms with Crippen molar-refractivity contribution in [1.82, 2.24) is 4.90 Å². The largest absolute Gasteiger partial charge is 0.492 e. The van der Waals surface area contributed by atoms with Crippen LogP contribution in [0.3, 0.4) is 0 Å². The third-order valence-electron chi connectivity index (χ3n) is 5.62. The molecular formula is C17H21NO3. The minimum absolute atomic E-state index is 0.0561. The highest BCUT2D eigenvalue weighted by Gasteiger charge is 2.57. The van der Waals surface area contributed by atoms with Crippen molar-refractivity contribution in [1.29, 1.82) is 0 Å². The molecule has 4 heteroatoms. The lowest BCUT2D eigenvalue weighted by Crippen LogP contribution is -2.46. The van der Waals surface area contributed by atoms with Gasteiger partial charge in [-0.15, -0.1) is 0 Å². The number of carboxylic acid groups (broad SMARTS) is 1. The van der Waals surface area contributed by atoms with Gasteiger partial charge in [0, 0.05) is 25.0 Å². The molecule has 4 nitrogen and oxygen atoms in total. The lowest BCUT2D eigenvalue weighted by atomic mass is 9.73. The van der Waals surface area contributed by atoms with Crippen molar-refractivity contribution < 1.29 is 14.6 Å². The molecule has 1 N–H and O–H groups in total. The number of para-hydroxylation sites is 1. The second-order valence-electron chi connectivity index (χ2n) is 6.71. The predicted octanol–water partition coefficient (Wildman–Crippen LogP) is 2.49. The van der Waals surface area contributed by atoms with Crippen molar-refractivity contribution in [2.75, 3.05) is 19.7 Å². The van der Waals surface area contributed by atoms with Gasteiger partial charge in [-0.3, -0.25) is 9.69 Å². The average molecular weight is 287 g/mol. The van der Waals surface area contributed by atoms with Crippen LogP contribution in [-0.2, 0) is 4.79 Å². The van der Waals surface area contributed by atoms with E-state index in [1.54, 1.807) is 0 Å². The Balaban J connectivity index is 1.72. The topological polar surface area (TPSA) is 49.8 Å². The standard InChI is InChI=1S/C17H21NO3/c19-16(20)17-10-18(12-5-1-2-6-12)9-14(17)13-7-3-4-8-15(13)21-11-17/h3-4,7-8,12,14H,1-2,5-6,9-11H2,(H,19,20)/t14-,17-/m0/s1. The molecular weight excluding hydrogens is 266 g/mol. The fourth-order valence-electron chi connectivity index (χ4n) is 4.42. The Hall–Kier alpha value is -1.55. The number of ether oxygens (including phenoxy) is 1. The molecule has 2 aliphatic heterocycles. The zero-order valence-corrected chi connectivity index (χ0v) is 12.1.